The second-order valence-electron chi connectivity index (χ2n) is 5.45. The van der Waals surface area contributed by atoms with Gasteiger partial charge in [-0.2, -0.15) is 0 Å². The summed E-state index contributed by atoms with van der Waals surface area (Å²) in [6, 6.07) is 16.0. The highest BCUT2D eigenvalue weighted by Gasteiger charge is 2.15. The molecule has 4 nitrogen and oxygen atoms in total. The van der Waals surface area contributed by atoms with Crippen LogP contribution in [0.25, 0.3) is 0 Å². The highest BCUT2D eigenvalue weighted by Crippen LogP contribution is 2.24. The lowest BCUT2D eigenvalue weighted by atomic mass is 9.98. The van der Waals surface area contributed by atoms with Crippen molar-refractivity contribution in [3.8, 4) is 0 Å². The molecule has 0 aliphatic heterocycles. The molecule has 0 aliphatic carbocycles. The van der Waals surface area contributed by atoms with Gasteiger partial charge in [0, 0.05) is 6.42 Å². The Balaban J connectivity index is 1.66. The van der Waals surface area contributed by atoms with Gasteiger partial charge in [0.1, 0.15) is 10.8 Å². The van der Waals surface area contributed by atoms with Crippen LogP contribution in [0.15, 0.2) is 54.6 Å². The van der Waals surface area contributed by atoms with E-state index in [2.05, 4.69) is 34.6 Å². The predicted octanol–water partition coefficient (Wildman–Crippen LogP) is 4.28. The molecule has 0 unspecified atom stereocenters. The molecule has 0 radical (unpaired) electrons. The Morgan fingerprint density at radius 3 is 2.58 bits per heavy atom. The van der Waals surface area contributed by atoms with Gasteiger partial charge in [-0.3, -0.25) is 10.1 Å². The lowest BCUT2D eigenvalue weighted by Gasteiger charge is -2.08. The van der Waals surface area contributed by atoms with E-state index in [0.29, 0.717) is 11.0 Å². The van der Waals surface area contributed by atoms with Crippen molar-refractivity contribution in [3.63, 3.8) is 0 Å². The van der Waals surface area contributed by atoms with Crippen LogP contribution in [-0.4, -0.2) is 16.1 Å². The van der Waals surface area contributed by atoms with Gasteiger partial charge in [-0.05, 0) is 23.6 Å². The number of hydrogen-bond donors (Lipinski definition) is 1. The van der Waals surface area contributed by atoms with Gasteiger partial charge in [0.25, 0.3) is 5.91 Å². The van der Waals surface area contributed by atoms with Crippen LogP contribution in [0, 0.1) is 5.82 Å². The second kappa shape index (κ2) is 7.31. The summed E-state index contributed by atoms with van der Waals surface area (Å²) >= 11 is 1.31. The first-order chi connectivity index (χ1) is 11.6. The highest BCUT2D eigenvalue weighted by molar-refractivity contribution is 7.15. The maximum Gasteiger partial charge on any atom is 0.260 e. The molecule has 6 heteroatoms. The molecule has 0 saturated heterocycles. The average Bonchev–Trinajstić information content (AvgIpc) is 3.02. The van der Waals surface area contributed by atoms with Gasteiger partial charge in [-0.1, -0.05) is 60.7 Å². The summed E-state index contributed by atoms with van der Waals surface area (Å²) in [7, 11) is 0. The third-order valence-electron chi connectivity index (χ3n) is 3.66. The summed E-state index contributed by atoms with van der Waals surface area (Å²) in [5, 5.41) is 11.9. The summed E-state index contributed by atoms with van der Waals surface area (Å²) in [6.07, 6.45) is 0.733. The Hall–Kier alpha value is -2.60. The maximum atomic E-state index is 13.6. The SMILES string of the molecule is C[C@H](Cc1nnc(NC(=O)c2ccccc2F)s1)c1ccccc1. The smallest absolute Gasteiger partial charge is 0.260 e. The topological polar surface area (TPSA) is 54.9 Å². The minimum atomic E-state index is -0.558. The molecule has 1 heterocycles. The van der Waals surface area contributed by atoms with Crippen LogP contribution in [0.5, 0.6) is 0 Å². The van der Waals surface area contributed by atoms with Crippen LogP contribution >= 0.6 is 11.3 Å². The van der Waals surface area contributed by atoms with E-state index in [1.165, 1.54) is 29.0 Å². The van der Waals surface area contributed by atoms with Crippen molar-refractivity contribution in [2.24, 2.45) is 0 Å². The van der Waals surface area contributed by atoms with Crippen LogP contribution in [0.4, 0.5) is 9.52 Å². The molecule has 0 aliphatic rings. The summed E-state index contributed by atoms with van der Waals surface area (Å²) in [6.45, 7) is 2.12. The molecular weight excluding hydrogens is 325 g/mol. The molecular formula is C18H16FN3OS. The van der Waals surface area contributed by atoms with Gasteiger partial charge in [0.15, 0.2) is 0 Å². The molecule has 1 aromatic heterocycles. The number of nitrogens with one attached hydrogen (secondary N) is 1. The van der Waals surface area contributed by atoms with Gasteiger partial charge in [-0.25, -0.2) is 4.39 Å². The highest BCUT2D eigenvalue weighted by atomic mass is 32.1. The zero-order chi connectivity index (χ0) is 16.9. The lowest BCUT2D eigenvalue weighted by Crippen LogP contribution is -2.13. The van der Waals surface area contributed by atoms with Crippen LogP contribution in [0.2, 0.25) is 0 Å². The van der Waals surface area contributed by atoms with E-state index in [1.54, 1.807) is 12.1 Å². The molecule has 122 valence electrons. The summed E-state index contributed by atoms with van der Waals surface area (Å²) in [5.74, 6) is -0.779. The monoisotopic (exact) mass is 341 g/mol. The van der Waals surface area contributed by atoms with Crippen LogP contribution in [0.1, 0.15) is 33.8 Å². The van der Waals surface area contributed by atoms with E-state index in [0.717, 1.165) is 11.4 Å². The Morgan fingerprint density at radius 2 is 1.83 bits per heavy atom. The minimum absolute atomic E-state index is 0.00750. The quantitative estimate of drug-likeness (QED) is 0.754. The molecule has 0 spiro atoms. The molecule has 3 rings (SSSR count). The molecule has 1 atom stereocenters. The number of hydrogen-bond acceptors (Lipinski definition) is 4. The van der Waals surface area contributed by atoms with Gasteiger partial charge in [-0.15, -0.1) is 10.2 Å². The summed E-state index contributed by atoms with van der Waals surface area (Å²) in [5.41, 5.74) is 1.22. The fourth-order valence-corrected chi connectivity index (χ4v) is 3.22. The number of rotatable bonds is 5. The minimum Gasteiger partial charge on any atom is -0.296 e. The maximum absolute atomic E-state index is 13.6. The molecule has 1 N–H and O–H groups in total. The summed E-state index contributed by atoms with van der Waals surface area (Å²) < 4.78 is 13.6. The molecule has 3 aromatic rings. The van der Waals surface area contributed by atoms with E-state index >= 15 is 0 Å². The Kier molecular flexibility index (Phi) is 4.96. The molecule has 24 heavy (non-hydrogen) atoms. The van der Waals surface area contributed by atoms with E-state index in [1.807, 2.05) is 18.2 Å². The van der Waals surface area contributed by atoms with Crippen molar-refractivity contribution < 1.29 is 9.18 Å². The van der Waals surface area contributed by atoms with Crippen molar-refractivity contribution in [1.29, 1.82) is 0 Å². The summed E-state index contributed by atoms with van der Waals surface area (Å²) in [4.78, 5) is 12.1. The average molecular weight is 341 g/mol. The standard InChI is InChI=1S/C18H16FN3OS/c1-12(13-7-3-2-4-8-13)11-16-21-22-18(24-16)20-17(23)14-9-5-6-10-15(14)19/h2-10,12H,11H2,1H3,(H,20,22,23)/t12-/m1/s1. The molecule has 0 saturated carbocycles. The predicted molar refractivity (Wildman–Crippen MR) is 92.8 cm³/mol. The van der Waals surface area contributed by atoms with Gasteiger partial charge >= 0.3 is 0 Å². The molecule has 2 aromatic carbocycles. The number of aromatic nitrogens is 2. The number of halogens is 1. The first-order valence-electron chi connectivity index (χ1n) is 7.56. The van der Waals surface area contributed by atoms with Crippen molar-refractivity contribution in [2.75, 3.05) is 5.32 Å². The number of benzene rings is 2. The third-order valence-corrected chi connectivity index (χ3v) is 4.52. The largest absolute Gasteiger partial charge is 0.296 e. The Labute approximate surface area is 143 Å². The van der Waals surface area contributed by atoms with Crippen LogP contribution in [0.3, 0.4) is 0 Å². The fourth-order valence-electron chi connectivity index (χ4n) is 2.36. The Morgan fingerprint density at radius 1 is 1.12 bits per heavy atom. The van der Waals surface area contributed by atoms with Crippen molar-refractivity contribution in [2.45, 2.75) is 19.3 Å². The number of amides is 1. The van der Waals surface area contributed by atoms with Gasteiger partial charge < -0.3 is 0 Å². The molecule has 0 fully saturated rings. The molecule has 1 amide bonds. The first kappa shape index (κ1) is 16.3. The van der Waals surface area contributed by atoms with Crippen molar-refractivity contribution >= 4 is 22.4 Å². The van der Waals surface area contributed by atoms with Gasteiger partial charge in [0.05, 0.1) is 5.56 Å². The number of carbonyl (C=O) groups is 1. The number of nitrogens with zero attached hydrogens (tertiary/aromatic N) is 2. The molecule has 0 bridgehead atoms. The van der Waals surface area contributed by atoms with E-state index in [-0.39, 0.29) is 5.56 Å². The first-order valence-corrected chi connectivity index (χ1v) is 8.38. The van der Waals surface area contributed by atoms with Crippen molar-refractivity contribution in [3.05, 3.63) is 76.5 Å². The normalized spacial score (nSPS) is 11.9. The van der Waals surface area contributed by atoms with E-state index < -0.39 is 11.7 Å². The Bertz CT molecular complexity index is 835. The zero-order valence-electron chi connectivity index (χ0n) is 13.1. The van der Waals surface area contributed by atoms with Crippen LogP contribution in [-0.2, 0) is 6.42 Å². The fraction of sp³-hybridized carbons (Fsp3) is 0.167. The number of anilines is 1. The van der Waals surface area contributed by atoms with Crippen LogP contribution < -0.4 is 5.32 Å². The lowest BCUT2D eigenvalue weighted by molar-refractivity contribution is 0.102. The second-order valence-corrected chi connectivity index (χ2v) is 6.51. The zero-order valence-corrected chi connectivity index (χ0v) is 13.9. The van der Waals surface area contributed by atoms with E-state index in [4.69, 9.17) is 0 Å². The van der Waals surface area contributed by atoms with E-state index in [9.17, 15) is 9.18 Å². The number of carbonyl (C=O) groups excluding carboxylic acids is 1. The van der Waals surface area contributed by atoms with Gasteiger partial charge in [0.2, 0.25) is 5.13 Å². The van der Waals surface area contributed by atoms with Crippen molar-refractivity contribution in [1.82, 2.24) is 10.2 Å². The third kappa shape index (κ3) is 3.83.